The van der Waals surface area contributed by atoms with Crippen molar-refractivity contribution >= 4 is 44.8 Å². The van der Waals surface area contributed by atoms with Gasteiger partial charge in [-0.2, -0.15) is 0 Å². The molecule has 0 radical (unpaired) electrons. The number of anilines is 2. The number of aromatic nitrogens is 1. The number of benzene rings is 2. The Kier molecular flexibility index (Phi) is 11.4. The number of carbonyl (C=O) groups is 1. The molecule has 0 saturated carbocycles. The highest BCUT2D eigenvalue weighted by Gasteiger charge is 2.09. The van der Waals surface area contributed by atoms with Crippen LogP contribution in [-0.2, 0) is 11.4 Å². The maximum Gasteiger partial charge on any atom is 0.252 e. The number of carbonyl (C=O) groups excluding carboxylic acids is 1. The smallest absolute Gasteiger partial charge is 0.252 e. The Morgan fingerprint density at radius 2 is 1.82 bits per heavy atom. The van der Waals surface area contributed by atoms with Gasteiger partial charge in [0.2, 0.25) is 0 Å². The van der Waals surface area contributed by atoms with Gasteiger partial charge in [-0.25, -0.2) is 0 Å². The molecule has 1 amide bonds. The molecule has 6 nitrogen and oxygen atoms in total. The lowest BCUT2D eigenvalue weighted by atomic mass is 10.2. The van der Waals surface area contributed by atoms with E-state index in [1.807, 2.05) is 57.2 Å². The highest BCUT2D eigenvalue weighted by molar-refractivity contribution is 9.10. The van der Waals surface area contributed by atoms with Crippen molar-refractivity contribution in [1.82, 2.24) is 4.98 Å². The van der Waals surface area contributed by atoms with Crippen LogP contribution < -0.4 is 20.1 Å². The second kappa shape index (κ2) is 14.3. The number of hydrogen-bond donors (Lipinski definition) is 2. The van der Waals surface area contributed by atoms with Crippen molar-refractivity contribution in [1.29, 1.82) is 0 Å². The molecule has 0 bridgehead atoms. The van der Waals surface area contributed by atoms with E-state index in [0.717, 1.165) is 21.6 Å². The Morgan fingerprint density at radius 3 is 2.50 bits per heavy atom. The minimum atomic E-state index is -0.252. The summed E-state index contributed by atoms with van der Waals surface area (Å²) in [5.74, 6) is 0.996. The average molecular weight is 547 g/mol. The molecule has 1 aromatic heterocycles. The predicted molar refractivity (Wildman–Crippen MR) is 143 cm³/mol. The summed E-state index contributed by atoms with van der Waals surface area (Å²) in [4.78, 5) is 16.7. The van der Waals surface area contributed by atoms with Crippen molar-refractivity contribution in [3.8, 4) is 11.5 Å². The number of halogens is 2. The molecule has 2 N–H and O–H groups in total. The monoisotopic (exact) mass is 545 g/mol. The van der Waals surface area contributed by atoms with E-state index in [2.05, 4.69) is 31.5 Å². The number of nitrogens with one attached hydrogen (secondary N) is 2. The fourth-order valence-electron chi connectivity index (χ4n) is 2.68. The fraction of sp³-hybridized carbons (Fsp3) is 0.231. The van der Waals surface area contributed by atoms with E-state index in [4.69, 9.17) is 21.1 Å². The molecular weight excluding hydrogens is 518 g/mol. The van der Waals surface area contributed by atoms with Gasteiger partial charge in [0.1, 0.15) is 18.1 Å². The van der Waals surface area contributed by atoms with Crippen molar-refractivity contribution < 1.29 is 14.3 Å². The third-order valence-electron chi connectivity index (χ3n) is 4.34. The standard InChI is InChI=1S/C24H23BrClN3O3.C2H6/c1-3-31-23-13-17(7-9-20(23)25)28-14-16(2)24(30)29-18-8-10-22(21(26)12-18)32-15-19-6-4-5-11-27-19;1-2/h4-14,28H,3,15H2,1-2H3,(H,29,30);1-2H3/b16-14+;. The molecular formula is C26H29BrClN3O3. The first-order chi connectivity index (χ1) is 16.5. The van der Waals surface area contributed by atoms with E-state index in [1.54, 1.807) is 37.5 Å². The number of pyridine rings is 1. The molecule has 3 rings (SSSR count). The zero-order chi connectivity index (χ0) is 24.9. The molecule has 0 saturated heterocycles. The minimum Gasteiger partial charge on any atom is -0.493 e. The SMILES string of the molecule is CC.CCOc1cc(N/C=C(\C)C(=O)Nc2ccc(OCc3ccccn3)c(Cl)c2)ccc1Br. The quantitative estimate of drug-likeness (QED) is 0.273. The molecule has 8 heteroatoms. The van der Waals surface area contributed by atoms with Crippen molar-refractivity contribution in [2.45, 2.75) is 34.3 Å². The van der Waals surface area contributed by atoms with Gasteiger partial charge in [-0.15, -0.1) is 0 Å². The number of hydrogen-bond acceptors (Lipinski definition) is 5. The van der Waals surface area contributed by atoms with Gasteiger partial charge < -0.3 is 20.1 Å². The van der Waals surface area contributed by atoms with Crippen LogP contribution in [0.5, 0.6) is 11.5 Å². The molecule has 0 aliphatic carbocycles. The molecule has 2 aromatic carbocycles. The van der Waals surface area contributed by atoms with Gasteiger partial charge in [0, 0.05) is 35.4 Å². The zero-order valence-electron chi connectivity index (χ0n) is 19.7. The van der Waals surface area contributed by atoms with E-state index < -0.39 is 0 Å². The summed E-state index contributed by atoms with van der Waals surface area (Å²) in [7, 11) is 0. The molecule has 0 atom stereocenters. The Labute approximate surface area is 214 Å². The normalized spacial score (nSPS) is 10.6. The van der Waals surface area contributed by atoms with Crippen LogP contribution in [-0.4, -0.2) is 17.5 Å². The van der Waals surface area contributed by atoms with Gasteiger partial charge in [-0.1, -0.05) is 31.5 Å². The first-order valence-electron chi connectivity index (χ1n) is 11.0. The van der Waals surface area contributed by atoms with Gasteiger partial charge in [0.25, 0.3) is 5.91 Å². The molecule has 34 heavy (non-hydrogen) atoms. The second-order valence-corrected chi connectivity index (χ2v) is 8.02. The number of ether oxygens (including phenoxy) is 2. The van der Waals surface area contributed by atoms with Gasteiger partial charge in [-0.3, -0.25) is 9.78 Å². The second-order valence-electron chi connectivity index (χ2n) is 6.76. The summed E-state index contributed by atoms with van der Waals surface area (Å²) in [6.45, 7) is 8.51. The molecule has 0 spiro atoms. The van der Waals surface area contributed by atoms with Crippen LogP contribution in [0.1, 0.15) is 33.4 Å². The van der Waals surface area contributed by atoms with Crippen molar-refractivity contribution in [2.75, 3.05) is 17.2 Å². The molecule has 3 aromatic rings. The summed E-state index contributed by atoms with van der Waals surface area (Å²) in [5, 5.41) is 6.34. The molecule has 0 fully saturated rings. The zero-order valence-corrected chi connectivity index (χ0v) is 22.0. The first kappa shape index (κ1) is 27.2. The maximum absolute atomic E-state index is 12.5. The summed E-state index contributed by atoms with van der Waals surface area (Å²) in [5.41, 5.74) is 2.67. The van der Waals surface area contributed by atoms with E-state index >= 15 is 0 Å². The Hall–Kier alpha value is -3.03. The van der Waals surface area contributed by atoms with Crippen LogP contribution in [0.15, 0.2) is 77.0 Å². The lowest BCUT2D eigenvalue weighted by Crippen LogP contribution is -2.13. The van der Waals surface area contributed by atoms with Gasteiger partial charge in [-0.05, 0) is 72.2 Å². The summed E-state index contributed by atoms with van der Waals surface area (Å²) >= 11 is 9.76. The fourth-order valence-corrected chi connectivity index (χ4v) is 3.27. The summed E-state index contributed by atoms with van der Waals surface area (Å²) < 4.78 is 12.1. The lowest BCUT2D eigenvalue weighted by Gasteiger charge is -2.11. The van der Waals surface area contributed by atoms with Crippen LogP contribution in [0.25, 0.3) is 0 Å². The topological polar surface area (TPSA) is 72.5 Å². The van der Waals surface area contributed by atoms with E-state index in [0.29, 0.717) is 35.2 Å². The third-order valence-corrected chi connectivity index (χ3v) is 5.29. The largest absolute Gasteiger partial charge is 0.493 e. The van der Waals surface area contributed by atoms with Gasteiger partial charge in [0.15, 0.2) is 0 Å². The predicted octanol–water partition coefficient (Wildman–Crippen LogP) is 7.46. The Balaban J connectivity index is 0.00000199. The first-order valence-corrected chi connectivity index (χ1v) is 12.1. The van der Waals surface area contributed by atoms with Crippen LogP contribution in [0.2, 0.25) is 5.02 Å². The van der Waals surface area contributed by atoms with Gasteiger partial charge in [0.05, 0.1) is 21.8 Å². The van der Waals surface area contributed by atoms with Crippen LogP contribution >= 0.6 is 27.5 Å². The lowest BCUT2D eigenvalue weighted by molar-refractivity contribution is -0.112. The van der Waals surface area contributed by atoms with E-state index in [9.17, 15) is 4.79 Å². The van der Waals surface area contributed by atoms with E-state index in [-0.39, 0.29) is 5.91 Å². The highest BCUT2D eigenvalue weighted by Crippen LogP contribution is 2.29. The Morgan fingerprint density at radius 1 is 1.06 bits per heavy atom. The summed E-state index contributed by atoms with van der Waals surface area (Å²) in [6.07, 6.45) is 3.35. The van der Waals surface area contributed by atoms with Crippen LogP contribution in [0, 0.1) is 0 Å². The number of rotatable bonds is 9. The molecule has 1 heterocycles. The van der Waals surface area contributed by atoms with E-state index in [1.165, 1.54) is 0 Å². The number of nitrogens with zero attached hydrogens (tertiary/aromatic N) is 1. The molecule has 0 aliphatic heterocycles. The van der Waals surface area contributed by atoms with Crippen molar-refractivity contribution in [2.24, 2.45) is 0 Å². The third kappa shape index (κ3) is 8.39. The average Bonchev–Trinajstić information content (AvgIpc) is 2.85. The maximum atomic E-state index is 12.5. The van der Waals surface area contributed by atoms with Crippen LogP contribution in [0.4, 0.5) is 11.4 Å². The Bertz CT molecular complexity index is 1110. The number of amides is 1. The van der Waals surface area contributed by atoms with Gasteiger partial charge >= 0.3 is 0 Å². The molecule has 180 valence electrons. The minimum absolute atomic E-state index is 0.252. The van der Waals surface area contributed by atoms with Crippen molar-refractivity contribution in [3.05, 3.63) is 87.8 Å². The van der Waals surface area contributed by atoms with Crippen LogP contribution in [0.3, 0.4) is 0 Å². The molecule has 0 aliphatic rings. The highest BCUT2D eigenvalue weighted by atomic mass is 79.9. The molecule has 0 unspecified atom stereocenters. The summed E-state index contributed by atoms with van der Waals surface area (Å²) in [6, 6.07) is 16.3. The van der Waals surface area contributed by atoms with Crippen molar-refractivity contribution in [3.63, 3.8) is 0 Å².